The van der Waals surface area contributed by atoms with Crippen molar-refractivity contribution in [3.05, 3.63) is 42.7 Å². The van der Waals surface area contributed by atoms with E-state index in [9.17, 15) is 4.57 Å². The largest absolute Gasteiger partial charge is 0.382 e. The van der Waals surface area contributed by atoms with Gasteiger partial charge in [-0.2, -0.15) is 0 Å². The van der Waals surface area contributed by atoms with Crippen LogP contribution in [0.4, 0.5) is 5.82 Å². The molecule has 1 aliphatic rings. The quantitative estimate of drug-likeness (QED) is 0.616. The summed E-state index contributed by atoms with van der Waals surface area (Å²) in [5.41, 5.74) is 7.89. The highest BCUT2D eigenvalue weighted by atomic mass is 31.2. The summed E-state index contributed by atoms with van der Waals surface area (Å²) in [6.07, 6.45) is 6.33. The highest BCUT2D eigenvalue weighted by Gasteiger charge is 2.35. The van der Waals surface area contributed by atoms with E-state index < -0.39 is 7.60 Å². The van der Waals surface area contributed by atoms with Gasteiger partial charge in [-0.1, -0.05) is 0 Å². The van der Waals surface area contributed by atoms with E-state index in [1.165, 1.54) is 6.33 Å². The Labute approximate surface area is 161 Å². The van der Waals surface area contributed by atoms with E-state index in [1.807, 2.05) is 23.6 Å². The minimum atomic E-state index is -3.35. The van der Waals surface area contributed by atoms with E-state index in [0.29, 0.717) is 36.6 Å². The monoisotopic (exact) mass is 404 g/mol. The van der Waals surface area contributed by atoms with Crippen molar-refractivity contribution in [2.75, 3.05) is 18.7 Å². The summed E-state index contributed by atoms with van der Waals surface area (Å²) in [5.74, 6) is 0.327. The Bertz CT molecular complexity index is 998. The molecule has 0 aliphatic carbocycles. The zero-order valence-corrected chi connectivity index (χ0v) is 16.2. The summed E-state index contributed by atoms with van der Waals surface area (Å²) in [6.45, 7) is 2.68. The summed E-state index contributed by atoms with van der Waals surface area (Å²) >= 11 is 0. The van der Waals surface area contributed by atoms with Gasteiger partial charge in [0.05, 0.1) is 31.7 Å². The maximum Gasteiger partial charge on any atom is 0.356 e. The third-order valence-corrected chi connectivity index (χ3v) is 6.05. The van der Waals surface area contributed by atoms with Gasteiger partial charge in [0.2, 0.25) is 0 Å². The van der Waals surface area contributed by atoms with Gasteiger partial charge in [0, 0.05) is 18.8 Å². The van der Waals surface area contributed by atoms with Gasteiger partial charge in [0.1, 0.15) is 18.2 Å². The number of pyridine rings is 1. The van der Waals surface area contributed by atoms with Crippen molar-refractivity contribution >= 4 is 24.6 Å². The Kier molecular flexibility index (Phi) is 5.36. The lowest BCUT2D eigenvalue weighted by Crippen LogP contribution is -2.21. The van der Waals surface area contributed by atoms with Crippen LogP contribution in [0.1, 0.15) is 25.0 Å². The first kappa shape index (κ1) is 18.9. The van der Waals surface area contributed by atoms with Crippen molar-refractivity contribution in [3.8, 4) is 0 Å². The molecule has 0 bridgehead atoms. The maximum atomic E-state index is 12.9. The molecule has 0 spiro atoms. The van der Waals surface area contributed by atoms with Gasteiger partial charge >= 0.3 is 7.60 Å². The molecule has 11 heteroatoms. The van der Waals surface area contributed by atoms with Crippen molar-refractivity contribution < 1.29 is 18.3 Å². The SMILES string of the molecule is C[C@@H](Cn1cnc2c(N)ncnc21)OCP1(=O)OCCC(c2ccncc2)O1. The zero-order valence-electron chi connectivity index (χ0n) is 15.3. The van der Waals surface area contributed by atoms with Crippen LogP contribution in [0.3, 0.4) is 0 Å². The first-order valence-electron chi connectivity index (χ1n) is 8.89. The molecule has 10 nitrogen and oxygen atoms in total. The first-order chi connectivity index (χ1) is 13.5. The van der Waals surface area contributed by atoms with E-state index in [0.717, 1.165) is 5.56 Å². The van der Waals surface area contributed by atoms with Crippen LogP contribution in [0, 0.1) is 0 Å². The number of anilines is 1. The van der Waals surface area contributed by atoms with Crippen LogP contribution in [0.5, 0.6) is 0 Å². The summed E-state index contributed by atoms with van der Waals surface area (Å²) in [5, 5.41) is 0. The third kappa shape index (κ3) is 4.05. The molecular weight excluding hydrogens is 383 g/mol. The van der Waals surface area contributed by atoms with Gasteiger partial charge < -0.3 is 19.6 Å². The lowest BCUT2D eigenvalue weighted by Gasteiger charge is -2.30. The van der Waals surface area contributed by atoms with E-state index in [2.05, 4.69) is 19.9 Å². The fraction of sp³-hybridized carbons (Fsp3) is 0.412. The Morgan fingerprint density at radius 2 is 2.18 bits per heavy atom. The van der Waals surface area contributed by atoms with Gasteiger partial charge in [-0.05, 0) is 24.6 Å². The summed E-state index contributed by atoms with van der Waals surface area (Å²) in [7, 11) is -3.35. The molecule has 3 atom stereocenters. The minimum absolute atomic E-state index is 0.125. The molecule has 2 N–H and O–H groups in total. The van der Waals surface area contributed by atoms with Crippen molar-refractivity contribution in [2.45, 2.75) is 32.1 Å². The maximum absolute atomic E-state index is 12.9. The second-order valence-electron chi connectivity index (χ2n) is 6.54. The Morgan fingerprint density at radius 3 is 3.00 bits per heavy atom. The van der Waals surface area contributed by atoms with Crippen LogP contribution >= 0.6 is 7.60 Å². The highest BCUT2D eigenvalue weighted by molar-refractivity contribution is 7.53. The van der Waals surface area contributed by atoms with Gasteiger partial charge in [0.15, 0.2) is 11.5 Å². The zero-order chi connectivity index (χ0) is 19.6. The summed E-state index contributed by atoms with van der Waals surface area (Å²) in [4.78, 5) is 16.4. The second-order valence-corrected chi connectivity index (χ2v) is 8.49. The van der Waals surface area contributed by atoms with Crippen LogP contribution in [0.15, 0.2) is 37.2 Å². The molecule has 0 amide bonds. The van der Waals surface area contributed by atoms with Crippen molar-refractivity contribution in [1.29, 1.82) is 0 Å². The molecule has 1 aliphatic heterocycles. The van der Waals surface area contributed by atoms with Crippen LogP contribution in [-0.4, -0.2) is 43.6 Å². The van der Waals surface area contributed by atoms with Crippen LogP contribution in [-0.2, 0) is 24.9 Å². The summed E-state index contributed by atoms with van der Waals surface area (Å²) < 4.78 is 31.7. The number of hydrogen-bond acceptors (Lipinski definition) is 9. The fourth-order valence-electron chi connectivity index (χ4n) is 3.03. The third-order valence-electron chi connectivity index (χ3n) is 4.43. The standard InChI is InChI=1S/C17H21N6O4P/c1-12(8-23-10-22-15-16(18)20-9-21-17(15)23)25-11-28(24)26-7-4-14(27-28)13-2-5-19-6-3-13/h2-3,5-6,9-10,12,14H,4,7-8,11H2,1H3,(H2,18,20,21)/t12-,14?,28?/m0/s1. The van der Waals surface area contributed by atoms with Gasteiger partial charge in [-0.3, -0.25) is 14.1 Å². The van der Waals surface area contributed by atoms with E-state index in [-0.39, 0.29) is 18.6 Å². The average molecular weight is 404 g/mol. The molecule has 2 unspecified atom stereocenters. The van der Waals surface area contributed by atoms with Gasteiger partial charge in [-0.15, -0.1) is 0 Å². The number of aromatic nitrogens is 5. The number of hydrogen-bond donors (Lipinski definition) is 1. The number of fused-ring (bicyclic) bond motifs is 1. The van der Waals surface area contributed by atoms with E-state index in [4.69, 9.17) is 19.5 Å². The Hall–Kier alpha value is -2.39. The van der Waals surface area contributed by atoms with Gasteiger partial charge in [0.25, 0.3) is 0 Å². The predicted molar refractivity (Wildman–Crippen MR) is 101 cm³/mol. The van der Waals surface area contributed by atoms with Crippen molar-refractivity contribution in [2.24, 2.45) is 0 Å². The lowest BCUT2D eigenvalue weighted by atomic mass is 10.1. The molecule has 3 aromatic heterocycles. The normalized spacial score (nSPS) is 23.7. The second kappa shape index (κ2) is 7.92. The van der Waals surface area contributed by atoms with Crippen LogP contribution in [0.25, 0.3) is 11.2 Å². The van der Waals surface area contributed by atoms with Crippen LogP contribution < -0.4 is 5.73 Å². The minimum Gasteiger partial charge on any atom is -0.382 e. The molecule has 3 aromatic rings. The molecule has 4 heterocycles. The number of nitrogen functional groups attached to an aromatic ring is 1. The smallest absolute Gasteiger partial charge is 0.356 e. The first-order valence-corrected chi connectivity index (χ1v) is 10.6. The Morgan fingerprint density at radius 1 is 1.36 bits per heavy atom. The number of imidazole rings is 1. The van der Waals surface area contributed by atoms with Crippen LogP contribution in [0.2, 0.25) is 0 Å². The molecule has 0 radical (unpaired) electrons. The molecule has 1 fully saturated rings. The molecule has 4 rings (SSSR count). The fourth-order valence-corrected chi connectivity index (χ4v) is 4.66. The molecule has 0 saturated carbocycles. The van der Waals surface area contributed by atoms with Gasteiger partial charge in [-0.25, -0.2) is 15.0 Å². The van der Waals surface area contributed by atoms with E-state index >= 15 is 0 Å². The predicted octanol–water partition coefficient (Wildman–Crippen LogP) is 2.54. The molecule has 1 saturated heterocycles. The number of nitrogens with two attached hydrogens (primary N) is 1. The highest BCUT2D eigenvalue weighted by Crippen LogP contribution is 2.56. The molecule has 0 aromatic carbocycles. The lowest BCUT2D eigenvalue weighted by molar-refractivity contribution is 0.0340. The molecular formula is C17H21N6O4P. The number of ether oxygens (including phenoxy) is 1. The van der Waals surface area contributed by atoms with E-state index in [1.54, 1.807) is 18.7 Å². The molecule has 148 valence electrons. The average Bonchev–Trinajstić information content (AvgIpc) is 3.11. The number of rotatable bonds is 6. The Balaban J connectivity index is 1.37. The number of nitrogens with zero attached hydrogens (tertiary/aromatic N) is 5. The summed E-state index contributed by atoms with van der Waals surface area (Å²) in [6, 6.07) is 3.70. The van der Waals surface area contributed by atoms with Crippen molar-refractivity contribution in [1.82, 2.24) is 24.5 Å². The topological polar surface area (TPSA) is 127 Å². The van der Waals surface area contributed by atoms with Crippen molar-refractivity contribution in [3.63, 3.8) is 0 Å². The molecule has 28 heavy (non-hydrogen) atoms.